The average molecular weight is 238 g/mol. The molecular formula is C13H16ClNO. The van der Waals surface area contributed by atoms with Gasteiger partial charge >= 0.3 is 0 Å². The van der Waals surface area contributed by atoms with Gasteiger partial charge in [-0.05, 0) is 24.6 Å². The summed E-state index contributed by atoms with van der Waals surface area (Å²) in [5.74, 6) is 3.32. The number of hydrogen-bond donors (Lipinski definition) is 1. The van der Waals surface area contributed by atoms with E-state index in [4.69, 9.17) is 22.8 Å². The van der Waals surface area contributed by atoms with Gasteiger partial charge in [-0.3, -0.25) is 0 Å². The van der Waals surface area contributed by atoms with Crippen molar-refractivity contribution in [2.45, 2.75) is 25.9 Å². The Morgan fingerprint density at radius 2 is 2.31 bits per heavy atom. The summed E-state index contributed by atoms with van der Waals surface area (Å²) < 4.78 is 5.09. The van der Waals surface area contributed by atoms with E-state index in [0.29, 0.717) is 16.8 Å². The van der Waals surface area contributed by atoms with Crippen LogP contribution in [0.5, 0.6) is 5.75 Å². The lowest BCUT2D eigenvalue weighted by molar-refractivity contribution is 0.414. The summed E-state index contributed by atoms with van der Waals surface area (Å²) in [5, 5.41) is 3.95. The second-order valence-electron chi connectivity index (χ2n) is 3.66. The van der Waals surface area contributed by atoms with Crippen molar-refractivity contribution < 1.29 is 4.74 Å². The van der Waals surface area contributed by atoms with Crippen molar-refractivity contribution in [1.82, 2.24) is 5.32 Å². The quantitative estimate of drug-likeness (QED) is 0.796. The topological polar surface area (TPSA) is 21.3 Å². The second kappa shape index (κ2) is 6.42. The Balaban J connectivity index is 2.55. The molecule has 0 bridgehead atoms. The summed E-state index contributed by atoms with van der Waals surface area (Å²) >= 11 is 6.02. The normalized spacial score (nSPS) is 11.9. The van der Waals surface area contributed by atoms with Crippen molar-refractivity contribution in [3.8, 4) is 18.1 Å². The van der Waals surface area contributed by atoms with Gasteiger partial charge in [-0.2, -0.15) is 0 Å². The smallest absolute Gasteiger partial charge is 0.137 e. The number of nitrogens with one attached hydrogen (secondary N) is 1. The highest BCUT2D eigenvalue weighted by Gasteiger charge is 2.03. The Hall–Kier alpha value is -1.17. The van der Waals surface area contributed by atoms with Gasteiger partial charge in [0, 0.05) is 19.0 Å². The van der Waals surface area contributed by atoms with Crippen LogP contribution in [-0.4, -0.2) is 13.2 Å². The van der Waals surface area contributed by atoms with Crippen LogP contribution in [0.15, 0.2) is 18.2 Å². The Morgan fingerprint density at radius 3 is 2.88 bits per heavy atom. The third kappa shape index (κ3) is 3.77. The monoisotopic (exact) mass is 237 g/mol. The third-order valence-corrected chi connectivity index (χ3v) is 2.59. The van der Waals surface area contributed by atoms with Gasteiger partial charge in [0.2, 0.25) is 0 Å². The molecule has 0 aliphatic heterocycles. The first kappa shape index (κ1) is 12.9. The molecule has 2 nitrogen and oxygen atoms in total. The number of hydrogen-bond acceptors (Lipinski definition) is 2. The fourth-order valence-electron chi connectivity index (χ4n) is 1.36. The number of terminal acetylenes is 1. The molecule has 1 atom stereocenters. The molecule has 1 rings (SSSR count). The molecule has 0 radical (unpaired) electrons. The minimum atomic E-state index is 0.311. The first-order valence-corrected chi connectivity index (χ1v) is 5.54. The fraction of sp³-hybridized carbons (Fsp3) is 0.385. The zero-order valence-electron chi connectivity index (χ0n) is 9.59. The summed E-state index contributed by atoms with van der Waals surface area (Å²) in [6, 6.07) is 6.06. The van der Waals surface area contributed by atoms with Crippen LogP contribution in [0.2, 0.25) is 5.02 Å². The SMILES string of the molecule is C#CCC(C)NCc1ccc(OC)c(Cl)c1. The molecule has 0 amide bonds. The molecule has 1 N–H and O–H groups in total. The van der Waals surface area contributed by atoms with Crippen LogP contribution in [-0.2, 0) is 6.54 Å². The third-order valence-electron chi connectivity index (χ3n) is 2.29. The number of methoxy groups -OCH3 is 1. The Labute approximate surface area is 102 Å². The van der Waals surface area contributed by atoms with Crippen molar-refractivity contribution in [3.63, 3.8) is 0 Å². The van der Waals surface area contributed by atoms with Gasteiger partial charge in [-0.25, -0.2) is 0 Å². The predicted molar refractivity (Wildman–Crippen MR) is 67.8 cm³/mol. The summed E-state index contributed by atoms with van der Waals surface area (Å²) in [6.45, 7) is 2.82. The lowest BCUT2D eigenvalue weighted by Gasteiger charge is -2.11. The molecule has 86 valence electrons. The molecule has 3 heteroatoms. The number of benzene rings is 1. The van der Waals surface area contributed by atoms with Crippen molar-refractivity contribution in [3.05, 3.63) is 28.8 Å². The predicted octanol–water partition coefficient (Wildman–Crippen LogP) is 2.85. The first-order chi connectivity index (χ1) is 7.67. The first-order valence-electron chi connectivity index (χ1n) is 5.16. The van der Waals surface area contributed by atoms with E-state index >= 15 is 0 Å². The molecule has 0 aromatic heterocycles. The zero-order valence-corrected chi connectivity index (χ0v) is 10.3. The number of halogens is 1. The number of ether oxygens (including phenoxy) is 1. The molecule has 0 aliphatic rings. The molecule has 0 heterocycles. The van der Waals surface area contributed by atoms with Crippen LogP contribution in [0.3, 0.4) is 0 Å². The van der Waals surface area contributed by atoms with Crippen LogP contribution < -0.4 is 10.1 Å². The van der Waals surface area contributed by atoms with Crippen molar-refractivity contribution in [1.29, 1.82) is 0 Å². The minimum absolute atomic E-state index is 0.311. The highest BCUT2D eigenvalue weighted by Crippen LogP contribution is 2.24. The van der Waals surface area contributed by atoms with Crippen LogP contribution >= 0.6 is 11.6 Å². The van der Waals surface area contributed by atoms with Crippen LogP contribution in [0.1, 0.15) is 18.9 Å². The van der Waals surface area contributed by atoms with Gasteiger partial charge in [0.25, 0.3) is 0 Å². The van der Waals surface area contributed by atoms with Gasteiger partial charge in [0.05, 0.1) is 12.1 Å². The van der Waals surface area contributed by atoms with Crippen LogP contribution in [0, 0.1) is 12.3 Å². The highest BCUT2D eigenvalue weighted by atomic mass is 35.5. The standard InChI is InChI=1S/C13H16ClNO/c1-4-5-10(2)15-9-11-6-7-13(16-3)12(14)8-11/h1,6-8,10,15H,5,9H2,2-3H3. The molecule has 1 aromatic carbocycles. The van der Waals surface area contributed by atoms with E-state index in [2.05, 4.69) is 18.2 Å². The Kier molecular flexibility index (Phi) is 5.18. The summed E-state index contributed by atoms with van der Waals surface area (Å²) in [4.78, 5) is 0. The molecule has 1 aromatic rings. The highest BCUT2D eigenvalue weighted by molar-refractivity contribution is 6.32. The summed E-state index contributed by atoms with van der Waals surface area (Å²) in [6.07, 6.45) is 5.96. The van der Waals surface area contributed by atoms with E-state index in [0.717, 1.165) is 18.5 Å². The van der Waals surface area contributed by atoms with Gasteiger partial charge in [0.15, 0.2) is 0 Å². The molecule has 0 saturated carbocycles. The molecular weight excluding hydrogens is 222 g/mol. The maximum Gasteiger partial charge on any atom is 0.137 e. The van der Waals surface area contributed by atoms with Crippen LogP contribution in [0.25, 0.3) is 0 Å². The van der Waals surface area contributed by atoms with E-state index in [9.17, 15) is 0 Å². The van der Waals surface area contributed by atoms with Gasteiger partial charge in [-0.1, -0.05) is 17.7 Å². The lowest BCUT2D eigenvalue weighted by Crippen LogP contribution is -2.24. The fourth-order valence-corrected chi connectivity index (χ4v) is 1.64. The van der Waals surface area contributed by atoms with E-state index in [1.807, 2.05) is 18.2 Å². The molecule has 16 heavy (non-hydrogen) atoms. The second-order valence-corrected chi connectivity index (χ2v) is 4.07. The van der Waals surface area contributed by atoms with Crippen molar-refractivity contribution in [2.75, 3.05) is 7.11 Å². The maximum absolute atomic E-state index is 6.02. The maximum atomic E-state index is 6.02. The zero-order chi connectivity index (χ0) is 12.0. The Bertz CT molecular complexity index is 384. The van der Waals surface area contributed by atoms with Crippen LogP contribution in [0.4, 0.5) is 0 Å². The lowest BCUT2D eigenvalue weighted by atomic mass is 10.2. The van der Waals surface area contributed by atoms with E-state index in [1.165, 1.54) is 0 Å². The van der Waals surface area contributed by atoms with Crippen molar-refractivity contribution in [2.24, 2.45) is 0 Å². The van der Waals surface area contributed by atoms with Crippen molar-refractivity contribution >= 4 is 11.6 Å². The average Bonchev–Trinajstić information content (AvgIpc) is 2.27. The largest absolute Gasteiger partial charge is 0.495 e. The summed E-state index contributed by atoms with van der Waals surface area (Å²) in [5.41, 5.74) is 1.12. The minimum Gasteiger partial charge on any atom is -0.495 e. The molecule has 0 spiro atoms. The summed E-state index contributed by atoms with van der Waals surface area (Å²) in [7, 11) is 1.61. The molecule has 0 saturated heterocycles. The van der Waals surface area contributed by atoms with E-state index in [1.54, 1.807) is 7.11 Å². The van der Waals surface area contributed by atoms with Gasteiger partial charge < -0.3 is 10.1 Å². The molecule has 1 unspecified atom stereocenters. The van der Waals surface area contributed by atoms with Gasteiger partial charge in [-0.15, -0.1) is 12.3 Å². The molecule has 0 aliphatic carbocycles. The van der Waals surface area contributed by atoms with E-state index < -0.39 is 0 Å². The Morgan fingerprint density at radius 1 is 1.56 bits per heavy atom. The van der Waals surface area contributed by atoms with E-state index in [-0.39, 0.29) is 0 Å². The number of rotatable bonds is 5. The molecule has 0 fully saturated rings. The van der Waals surface area contributed by atoms with Gasteiger partial charge in [0.1, 0.15) is 5.75 Å².